The summed E-state index contributed by atoms with van der Waals surface area (Å²) < 4.78 is 0. The number of fused-ring (bicyclic) bond motifs is 1. The molecule has 0 amide bonds. The Hall–Kier alpha value is -1.81. The molecular weight excluding hydrogens is 262 g/mol. The van der Waals surface area contributed by atoms with Crippen LogP contribution in [-0.4, -0.2) is 21.8 Å². The standard InChI is InChI=1S/C17H23N3O/c1-12-14(11-19-20-12)5-3-9-18-17-6-2-4-13-10-15(21)7-8-16(13)17/h7-8,10-11,17-18,21H,2-6,9H2,1H3,(H,19,20). The van der Waals surface area contributed by atoms with Gasteiger partial charge in [0, 0.05) is 11.7 Å². The average molecular weight is 285 g/mol. The van der Waals surface area contributed by atoms with Crippen molar-refractivity contribution >= 4 is 0 Å². The number of hydrogen-bond donors (Lipinski definition) is 3. The number of aromatic amines is 1. The molecule has 0 spiro atoms. The first kappa shape index (κ1) is 14.1. The molecule has 1 aromatic carbocycles. The van der Waals surface area contributed by atoms with E-state index in [1.165, 1.54) is 35.2 Å². The molecule has 0 saturated heterocycles. The number of H-pyrrole nitrogens is 1. The molecule has 0 radical (unpaired) electrons. The van der Waals surface area contributed by atoms with Crippen LogP contribution in [0.3, 0.4) is 0 Å². The molecule has 0 fully saturated rings. The molecule has 1 aromatic heterocycles. The van der Waals surface area contributed by atoms with E-state index < -0.39 is 0 Å². The lowest BCUT2D eigenvalue weighted by molar-refractivity contribution is 0.447. The van der Waals surface area contributed by atoms with Crippen LogP contribution in [0.4, 0.5) is 0 Å². The summed E-state index contributed by atoms with van der Waals surface area (Å²) in [6.45, 7) is 3.08. The van der Waals surface area contributed by atoms with E-state index in [2.05, 4.69) is 28.5 Å². The van der Waals surface area contributed by atoms with Gasteiger partial charge in [-0.1, -0.05) is 6.07 Å². The monoisotopic (exact) mass is 285 g/mol. The number of hydrogen-bond acceptors (Lipinski definition) is 3. The minimum atomic E-state index is 0.379. The number of phenols is 1. The van der Waals surface area contributed by atoms with Crippen LogP contribution in [0.15, 0.2) is 24.4 Å². The average Bonchev–Trinajstić information content (AvgIpc) is 2.88. The molecule has 3 N–H and O–H groups in total. The molecule has 2 aromatic rings. The number of nitrogens with one attached hydrogen (secondary N) is 2. The van der Waals surface area contributed by atoms with Crippen LogP contribution < -0.4 is 5.32 Å². The van der Waals surface area contributed by atoms with Crippen LogP contribution in [0.25, 0.3) is 0 Å². The van der Waals surface area contributed by atoms with Crippen LogP contribution in [-0.2, 0) is 12.8 Å². The molecule has 4 heteroatoms. The molecule has 1 aliphatic carbocycles. The third kappa shape index (κ3) is 3.27. The maximum absolute atomic E-state index is 9.59. The van der Waals surface area contributed by atoms with Crippen molar-refractivity contribution in [3.05, 3.63) is 46.8 Å². The molecule has 3 rings (SSSR count). The number of aryl methyl sites for hydroxylation is 3. The molecule has 0 bridgehead atoms. The van der Waals surface area contributed by atoms with E-state index in [1.807, 2.05) is 12.3 Å². The summed E-state index contributed by atoms with van der Waals surface area (Å²) >= 11 is 0. The SMILES string of the molecule is Cc1[nH]ncc1CCCNC1CCCc2cc(O)ccc21. The van der Waals surface area contributed by atoms with Gasteiger partial charge in [0.1, 0.15) is 5.75 Å². The van der Waals surface area contributed by atoms with E-state index in [0.717, 1.165) is 25.8 Å². The van der Waals surface area contributed by atoms with Crippen molar-refractivity contribution < 1.29 is 5.11 Å². The van der Waals surface area contributed by atoms with Gasteiger partial charge in [-0.2, -0.15) is 5.10 Å². The number of benzene rings is 1. The summed E-state index contributed by atoms with van der Waals surface area (Å²) in [6, 6.07) is 6.22. The van der Waals surface area contributed by atoms with Gasteiger partial charge in [-0.25, -0.2) is 0 Å². The van der Waals surface area contributed by atoms with E-state index in [0.29, 0.717) is 11.8 Å². The van der Waals surface area contributed by atoms with Gasteiger partial charge in [-0.3, -0.25) is 5.10 Å². The van der Waals surface area contributed by atoms with Gasteiger partial charge in [0.15, 0.2) is 0 Å². The minimum Gasteiger partial charge on any atom is -0.508 e. The summed E-state index contributed by atoms with van der Waals surface area (Å²) in [6.07, 6.45) is 7.55. The quantitative estimate of drug-likeness (QED) is 0.740. The molecule has 1 unspecified atom stereocenters. The normalized spacial score (nSPS) is 17.7. The third-order valence-corrected chi connectivity index (χ3v) is 4.39. The molecule has 1 aliphatic rings. The second kappa shape index (κ2) is 6.31. The summed E-state index contributed by atoms with van der Waals surface area (Å²) in [5, 5.41) is 20.3. The zero-order valence-corrected chi connectivity index (χ0v) is 12.5. The Bertz CT molecular complexity index is 606. The van der Waals surface area contributed by atoms with Gasteiger partial charge in [-0.05, 0) is 74.4 Å². The highest BCUT2D eigenvalue weighted by Gasteiger charge is 2.19. The van der Waals surface area contributed by atoms with Crippen molar-refractivity contribution in [2.45, 2.75) is 45.1 Å². The minimum absolute atomic E-state index is 0.379. The number of nitrogens with zero attached hydrogens (tertiary/aromatic N) is 1. The second-order valence-corrected chi connectivity index (χ2v) is 5.91. The fourth-order valence-corrected chi connectivity index (χ4v) is 3.20. The molecular formula is C17H23N3O. The fraction of sp³-hybridized carbons (Fsp3) is 0.471. The van der Waals surface area contributed by atoms with E-state index in [1.54, 1.807) is 6.07 Å². The molecule has 4 nitrogen and oxygen atoms in total. The first-order valence-corrected chi connectivity index (χ1v) is 7.78. The Morgan fingerprint density at radius 3 is 3.14 bits per heavy atom. The maximum atomic E-state index is 9.59. The molecule has 1 heterocycles. The lowest BCUT2D eigenvalue weighted by Gasteiger charge is -2.26. The van der Waals surface area contributed by atoms with Crippen LogP contribution >= 0.6 is 0 Å². The van der Waals surface area contributed by atoms with Gasteiger partial charge in [0.2, 0.25) is 0 Å². The first-order valence-electron chi connectivity index (χ1n) is 7.78. The largest absolute Gasteiger partial charge is 0.508 e. The summed E-state index contributed by atoms with van der Waals surface area (Å²) in [5.41, 5.74) is 5.14. The number of aromatic hydroxyl groups is 1. The highest BCUT2D eigenvalue weighted by molar-refractivity contribution is 5.38. The Kier molecular flexibility index (Phi) is 4.25. The van der Waals surface area contributed by atoms with Gasteiger partial charge in [-0.15, -0.1) is 0 Å². The van der Waals surface area contributed by atoms with E-state index >= 15 is 0 Å². The first-order chi connectivity index (χ1) is 10.2. The zero-order chi connectivity index (χ0) is 14.7. The van der Waals surface area contributed by atoms with Crippen molar-refractivity contribution in [1.29, 1.82) is 0 Å². The molecule has 112 valence electrons. The smallest absolute Gasteiger partial charge is 0.115 e. The van der Waals surface area contributed by atoms with E-state index in [9.17, 15) is 5.11 Å². The Morgan fingerprint density at radius 1 is 1.43 bits per heavy atom. The number of phenolic OH excluding ortho intramolecular Hbond substituents is 1. The Balaban J connectivity index is 1.54. The summed E-state index contributed by atoms with van der Waals surface area (Å²) in [4.78, 5) is 0. The van der Waals surface area contributed by atoms with Crippen molar-refractivity contribution in [3.8, 4) is 5.75 Å². The van der Waals surface area contributed by atoms with Gasteiger partial charge < -0.3 is 10.4 Å². The highest BCUT2D eigenvalue weighted by atomic mass is 16.3. The highest BCUT2D eigenvalue weighted by Crippen LogP contribution is 2.31. The molecule has 0 aliphatic heterocycles. The zero-order valence-electron chi connectivity index (χ0n) is 12.5. The van der Waals surface area contributed by atoms with Crippen molar-refractivity contribution in [3.63, 3.8) is 0 Å². The van der Waals surface area contributed by atoms with Crippen LogP contribution in [0.1, 0.15) is 47.7 Å². The van der Waals surface area contributed by atoms with E-state index in [4.69, 9.17) is 0 Å². The van der Waals surface area contributed by atoms with E-state index in [-0.39, 0.29) is 0 Å². The van der Waals surface area contributed by atoms with Crippen molar-refractivity contribution in [2.24, 2.45) is 0 Å². The molecule has 0 saturated carbocycles. The predicted octanol–water partition coefficient (Wildman–Crippen LogP) is 3.02. The maximum Gasteiger partial charge on any atom is 0.115 e. The summed E-state index contributed by atoms with van der Waals surface area (Å²) in [5.74, 6) is 0.379. The van der Waals surface area contributed by atoms with Crippen LogP contribution in [0, 0.1) is 6.92 Å². The van der Waals surface area contributed by atoms with Gasteiger partial charge >= 0.3 is 0 Å². The fourth-order valence-electron chi connectivity index (χ4n) is 3.20. The molecule has 21 heavy (non-hydrogen) atoms. The lowest BCUT2D eigenvalue weighted by atomic mass is 9.87. The summed E-state index contributed by atoms with van der Waals surface area (Å²) in [7, 11) is 0. The van der Waals surface area contributed by atoms with Crippen molar-refractivity contribution in [2.75, 3.05) is 6.54 Å². The predicted molar refractivity (Wildman–Crippen MR) is 83.4 cm³/mol. The van der Waals surface area contributed by atoms with Gasteiger partial charge in [0.25, 0.3) is 0 Å². The third-order valence-electron chi connectivity index (χ3n) is 4.39. The van der Waals surface area contributed by atoms with Crippen molar-refractivity contribution in [1.82, 2.24) is 15.5 Å². The van der Waals surface area contributed by atoms with Crippen LogP contribution in [0.2, 0.25) is 0 Å². The number of rotatable bonds is 5. The topological polar surface area (TPSA) is 60.9 Å². The second-order valence-electron chi connectivity index (χ2n) is 5.91. The van der Waals surface area contributed by atoms with Gasteiger partial charge in [0.05, 0.1) is 6.20 Å². The Morgan fingerprint density at radius 2 is 2.33 bits per heavy atom. The Labute approximate surface area is 125 Å². The molecule has 1 atom stereocenters. The lowest BCUT2D eigenvalue weighted by Crippen LogP contribution is -2.26. The number of aromatic nitrogens is 2. The van der Waals surface area contributed by atoms with Crippen LogP contribution in [0.5, 0.6) is 5.75 Å².